The first-order valence-electron chi connectivity index (χ1n) is 9.20. The van der Waals surface area contributed by atoms with Crippen molar-refractivity contribution in [2.24, 2.45) is 7.05 Å². The smallest absolute Gasteiger partial charge is 0.273 e. The quantitative estimate of drug-likeness (QED) is 0.278. The predicted molar refractivity (Wildman–Crippen MR) is 116 cm³/mol. The van der Waals surface area contributed by atoms with Crippen LogP contribution in [0, 0.1) is 22.9 Å². The van der Waals surface area contributed by atoms with E-state index in [1.807, 2.05) is 17.8 Å². The molecule has 4 aromatic rings. The zero-order valence-electron chi connectivity index (χ0n) is 16.8. The van der Waals surface area contributed by atoms with E-state index in [9.17, 15) is 14.5 Å². The second kappa shape index (κ2) is 7.88. The van der Waals surface area contributed by atoms with Gasteiger partial charge in [-0.25, -0.2) is 9.37 Å². The average Bonchev–Trinajstić information content (AvgIpc) is 3.06. The second-order valence-corrected chi connectivity index (χ2v) is 7.35. The first-order chi connectivity index (χ1) is 14.8. The van der Waals surface area contributed by atoms with Crippen molar-refractivity contribution in [3.05, 3.63) is 75.3 Å². The largest absolute Gasteiger partial charge is 0.479 e. The van der Waals surface area contributed by atoms with Gasteiger partial charge in [0, 0.05) is 47.6 Å². The van der Waals surface area contributed by atoms with Gasteiger partial charge < -0.3 is 14.0 Å². The molecular weight excluding hydrogens is 425 g/mol. The van der Waals surface area contributed by atoms with Gasteiger partial charge in [-0.3, -0.25) is 10.1 Å². The standard InChI is InChI=1S/C22H17ClFN3O4/c1-12-8-20(31-19-5-4-13(24)9-17(19)23)15(10-18(12)27(28)29)16-11-26(2)21-14(16)6-7-25-22(21)30-3/h4-11H,1-3H3. The molecule has 0 amide bonds. The molecule has 2 aromatic heterocycles. The molecule has 4 rings (SSSR count). The van der Waals surface area contributed by atoms with E-state index >= 15 is 0 Å². The number of fused-ring (bicyclic) bond motifs is 1. The summed E-state index contributed by atoms with van der Waals surface area (Å²) >= 11 is 6.14. The van der Waals surface area contributed by atoms with Crippen LogP contribution in [0.25, 0.3) is 22.0 Å². The van der Waals surface area contributed by atoms with Crippen LogP contribution in [0.5, 0.6) is 17.4 Å². The third-order valence-electron chi connectivity index (χ3n) is 4.95. The molecule has 0 unspecified atom stereocenters. The Kier molecular flexibility index (Phi) is 5.24. The van der Waals surface area contributed by atoms with Crippen molar-refractivity contribution in [2.75, 3.05) is 7.11 Å². The SMILES string of the molecule is COc1nccc2c(-c3cc([N+](=O)[O-])c(C)cc3Oc3ccc(F)cc3Cl)cn(C)c12. The molecule has 0 aliphatic carbocycles. The van der Waals surface area contributed by atoms with Crippen molar-refractivity contribution in [1.82, 2.24) is 9.55 Å². The molecule has 0 spiro atoms. The summed E-state index contributed by atoms with van der Waals surface area (Å²) in [6.07, 6.45) is 3.42. The Morgan fingerprint density at radius 1 is 1.16 bits per heavy atom. The Hall–Kier alpha value is -3.65. The normalized spacial score (nSPS) is 11.0. The van der Waals surface area contributed by atoms with Gasteiger partial charge >= 0.3 is 0 Å². The maximum absolute atomic E-state index is 13.4. The molecule has 0 saturated carbocycles. The lowest BCUT2D eigenvalue weighted by Crippen LogP contribution is -1.96. The van der Waals surface area contributed by atoms with Gasteiger partial charge in [-0.2, -0.15) is 0 Å². The van der Waals surface area contributed by atoms with E-state index < -0.39 is 10.7 Å². The summed E-state index contributed by atoms with van der Waals surface area (Å²) in [4.78, 5) is 15.4. The number of aromatic nitrogens is 2. The number of nitro groups is 1. The van der Waals surface area contributed by atoms with Gasteiger partial charge in [0.25, 0.3) is 5.69 Å². The van der Waals surface area contributed by atoms with Crippen molar-refractivity contribution in [3.63, 3.8) is 0 Å². The molecule has 0 atom stereocenters. The summed E-state index contributed by atoms with van der Waals surface area (Å²) < 4.78 is 26.6. The number of hydrogen-bond donors (Lipinski definition) is 0. The second-order valence-electron chi connectivity index (χ2n) is 6.94. The Balaban J connectivity index is 1.97. The fourth-order valence-corrected chi connectivity index (χ4v) is 3.73. The van der Waals surface area contributed by atoms with Crippen molar-refractivity contribution in [3.8, 4) is 28.5 Å². The molecule has 9 heteroatoms. The van der Waals surface area contributed by atoms with E-state index in [0.29, 0.717) is 28.3 Å². The molecule has 31 heavy (non-hydrogen) atoms. The number of nitrogens with zero attached hydrogens (tertiary/aromatic N) is 3. The number of methoxy groups -OCH3 is 1. The topological polar surface area (TPSA) is 79.4 Å². The minimum atomic E-state index is -0.494. The summed E-state index contributed by atoms with van der Waals surface area (Å²) in [5.74, 6) is 0.514. The number of ether oxygens (including phenoxy) is 2. The highest BCUT2D eigenvalue weighted by molar-refractivity contribution is 6.32. The zero-order valence-corrected chi connectivity index (χ0v) is 17.6. The Morgan fingerprint density at radius 3 is 2.61 bits per heavy atom. The lowest BCUT2D eigenvalue weighted by atomic mass is 10.0. The van der Waals surface area contributed by atoms with Gasteiger partial charge in [-0.05, 0) is 37.3 Å². The Labute approximate surface area is 181 Å². The summed E-state index contributed by atoms with van der Waals surface area (Å²) in [6, 6.07) is 8.62. The van der Waals surface area contributed by atoms with E-state index in [0.717, 1.165) is 17.0 Å². The van der Waals surface area contributed by atoms with E-state index in [2.05, 4.69) is 4.98 Å². The first-order valence-corrected chi connectivity index (χ1v) is 9.58. The minimum Gasteiger partial charge on any atom is -0.479 e. The molecule has 7 nitrogen and oxygen atoms in total. The summed E-state index contributed by atoms with van der Waals surface area (Å²) in [6.45, 7) is 1.62. The molecule has 2 heterocycles. The van der Waals surface area contributed by atoms with Crippen LogP contribution in [0.15, 0.2) is 48.8 Å². The lowest BCUT2D eigenvalue weighted by molar-refractivity contribution is -0.385. The van der Waals surface area contributed by atoms with Gasteiger partial charge in [0.05, 0.1) is 17.1 Å². The van der Waals surface area contributed by atoms with Crippen molar-refractivity contribution in [2.45, 2.75) is 6.92 Å². The number of rotatable bonds is 5. The van der Waals surface area contributed by atoms with Crippen molar-refractivity contribution in [1.29, 1.82) is 0 Å². The van der Waals surface area contributed by atoms with Gasteiger partial charge in [0.2, 0.25) is 5.88 Å². The molecule has 0 bridgehead atoms. The zero-order chi connectivity index (χ0) is 22.3. The molecule has 0 N–H and O–H groups in total. The van der Waals surface area contributed by atoms with Crippen LogP contribution < -0.4 is 9.47 Å². The molecule has 0 aliphatic rings. The van der Waals surface area contributed by atoms with Crippen LogP contribution in [-0.4, -0.2) is 21.6 Å². The van der Waals surface area contributed by atoms with Gasteiger partial charge in [0.15, 0.2) is 0 Å². The van der Waals surface area contributed by atoms with Gasteiger partial charge in [-0.1, -0.05) is 11.6 Å². The molecule has 0 aliphatic heterocycles. The fourth-order valence-electron chi connectivity index (χ4n) is 3.52. The highest BCUT2D eigenvalue weighted by atomic mass is 35.5. The summed E-state index contributed by atoms with van der Waals surface area (Å²) in [7, 11) is 3.35. The van der Waals surface area contributed by atoms with Crippen LogP contribution in [0.1, 0.15) is 5.56 Å². The number of aryl methyl sites for hydroxylation is 2. The molecule has 0 radical (unpaired) electrons. The molecule has 0 fully saturated rings. The average molecular weight is 442 g/mol. The van der Waals surface area contributed by atoms with E-state index in [-0.39, 0.29) is 16.5 Å². The maximum atomic E-state index is 13.4. The van der Waals surface area contributed by atoms with E-state index in [1.165, 1.54) is 25.3 Å². The number of benzene rings is 2. The molecular formula is C22H17ClFN3O4. The van der Waals surface area contributed by atoms with Crippen LogP contribution in [-0.2, 0) is 7.05 Å². The number of pyridine rings is 1. The van der Waals surface area contributed by atoms with Gasteiger partial charge in [-0.15, -0.1) is 0 Å². The Bertz CT molecular complexity index is 1340. The van der Waals surface area contributed by atoms with Crippen LogP contribution in [0.3, 0.4) is 0 Å². The van der Waals surface area contributed by atoms with Crippen LogP contribution in [0.4, 0.5) is 10.1 Å². The molecule has 0 saturated heterocycles. The maximum Gasteiger partial charge on any atom is 0.273 e. The van der Waals surface area contributed by atoms with Crippen LogP contribution in [0.2, 0.25) is 5.02 Å². The predicted octanol–water partition coefficient (Wildman–Crippen LogP) is 6.05. The van der Waals surface area contributed by atoms with Crippen LogP contribution >= 0.6 is 11.6 Å². The van der Waals surface area contributed by atoms with E-state index in [4.69, 9.17) is 21.1 Å². The van der Waals surface area contributed by atoms with Crippen molar-refractivity contribution < 1.29 is 18.8 Å². The summed E-state index contributed by atoms with van der Waals surface area (Å²) in [5.41, 5.74) is 2.27. The Morgan fingerprint density at radius 2 is 1.94 bits per heavy atom. The molecule has 158 valence electrons. The lowest BCUT2D eigenvalue weighted by Gasteiger charge is -2.13. The first kappa shape index (κ1) is 20.6. The fraction of sp³-hybridized carbons (Fsp3) is 0.136. The third kappa shape index (κ3) is 3.66. The minimum absolute atomic E-state index is 0.0504. The van der Waals surface area contributed by atoms with Gasteiger partial charge in [0.1, 0.15) is 22.8 Å². The van der Waals surface area contributed by atoms with E-state index in [1.54, 1.807) is 25.3 Å². The van der Waals surface area contributed by atoms with Crippen molar-refractivity contribution >= 4 is 28.2 Å². The summed E-state index contributed by atoms with van der Waals surface area (Å²) in [5, 5.41) is 12.5. The number of nitro benzene ring substituents is 1. The highest BCUT2D eigenvalue weighted by Crippen LogP contribution is 2.43. The monoisotopic (exact) mass is 441 g/mol. The number of halogens is 2. The third-order valence-corrected chi connectivity index (χ3v) is 5.24. The molecule has 2 aromatic carbocycles. The highest BCUT2D eigenvalue weighted by Gasteiger charge is 2.22. The number of hydrogen-bond acceptors (Lipinski definition) is 5.